The minimum atomic E-state index is 0.00230. The van der Waals surface area contributed by atoms with Crippen molar-refractivity contribution in [3.05, 3.63) is 29.8 Å². The summed E-state index contributed by atoms with van der Waals surface area (Å²) in [7, 11) is 3.95. The molecule has 2 aromatic rings. The van der Waals surface area contributed by atoms with E-state index in [1.165, 1.54) is 17.5 Å². The molecule has 0 aromatic carbocycles. The molecule has 1 aliphatic rings. The monoisotopic (exact) mass is 349 g/mol. The van der Waals surface area contributed by atoms with Crippen LogP contribution in [0.4, 0.5) is 0 Å². The molecule has 3 rings (SSSR count). The fraction of sp³-hybridized carbons (Fsp3) is 0.562. The van der Waals surface area contributed by atoms with Gasteiger partial charge in [-0.2, -0.15) is 0 Å². The second-order valence-corrected chi connectivity index (χ2v) is 6.92. The number of carbonyl (C=O) groups excluding carboxylic acids is 1. The minimum absolute atomic E-state index is 0.00230. The van der Waals surface area contributed by atoms with Gasteiger partial charge < -0.3 is 19.2 Å². The van der Waals surface area contributed by atoms with E-state index in [2.05, 4.69) is 26.1 Å². The highest BCUT2D eigenvalue weighted by molar-refractivity contribution is 7.99. The predicted molar refractivity (Wildman–Crippen MR) is 91.9 cm³/mol. The summed E-state index contributed by atoms with van der Waals surface area (Å²) in [6, 6.07) is 4.08. The number of hydrogen-bond donors (Lipinski definition) is 1. The van der Waals surface area contributed by atoms with Crippen molar-refractivity contribution >= 4 is 17.7 Å². The van der Waals surface area contributed by atoms with Crippen molar-refractivity contribution in [3.8, 4) is 0 Å². The molecule has 1 saturated heterocycles. The maximum Gasteiger partial charge on any atom is 0.230 e. The molecule has 130 valence electrons. The first-order chi connectivity index (χ1) is 11.6. The molecule has 1 amide bonds. The van der Waals surface area contributed by atoms with E-state index in [-0.39, 0.29) is 12.0 Å². The van der Waals surface area contributed by atoms with E-state index in [4.69, 9.17) is 4.74 Å². The summed E-state index contributed by atoms with van der Waals surface area (Å²) >= 11 is 1.40. The number of carbonyl (C=O) groups is 1. The van der Waals surface area contributed by atoms with E-state index in [9.17, 15) is 4.79 Å². The molecule has 0 saturated carbocycles. The molecule has 2 aromatic heterocycles. The van der Waals surface area contributed by atoms with Crippen molar-refractivity contribution in [3.63, 3.8) is 0 Å². The van der Waals surface area contributed by atoms with Crippen LogP contribution in [-0.2, 0) is 30.0 Å². The smallest absolute Gasteiger partial charge is 0.230 e. The van der Waals surface area contributed by atoms with Crippen LogP contribution in [0.1, 0.15) is 24.4 Å². The van der Waals surface area contributed by atoms with E-state index in [0.29, 0.717) is 12.3 Å². The highest BCUT2D eigenvalue weighted by Crippen LogP contribution is 2.17. The average molecular weight is 349 g/mol. The van der Waals surface area contributed by atoms with Crippen molar-refractivity contribution in [1.29, 1.82) is 0 Å². The molecule has 0 bridgehead atoms. The number of amides is 1. The van der Waals surface area contributed by atoms with Crippen molar-refractivity contribution in [2.45, 2.75) is 30.5 Å². The molecule has 24 heavy (non-hydrogen) atoms. The lowest BCUT2D eigenvalue weighted by Crippen LogP contribution is -2.32. The number of rotatable bonds is 7. The quantitative estimate of drug-likeness (QED) is 0.759. The van der Waals surface area contributed by atoms with Gasteiger partial charge in [0.2, 0.25) is 5.91 Å². The van der Waals surface area contributed by atoms with Crippen molar-refractivity contribution in [1.82, 2.24) is 24.6 Å². The second kappa shape index (κ2) is 7.85. The molecule has 1 aliphatic heterocycles. The third-order valence-corrected chi connectivity index (χ3v) is 5.22. The number of nitrogens with zero attached hydrogens (tertiary/aromatic N) is 4. The summed E-state index contributed by atoms with van der Waals surface area (Å²) in [4.78, 5) is 11.9. The van der Waals surface area contributed by atoms with Gasteiger partial charge in [0.05, 0.1) is 11.9 Å². The normalized spacial score (nSPS) is 17.3. The maximum atomic E-state index is 11.9. The maximum absolute atomic E-state index is 11.9. The molecule has 7 nitrogen and oxygen atoms in total. The first kappa shape index (κ1) is 17.0. The zero-order valence-electron chi connectivity index (χ0n) is 14.1. The molecule has 1 atom stereocenters. The Morgan fingerprint density at radius 2 is 2.33 bits per heavy atom. The molecule has 0 aliphatic carbocycles. The van der Waals surface area contributed by atoms with Gasteiger partial charge in [-0.05, 0) is 25.0 Å². The van der Waals surface area contributed by atoms with Crippen LogP contribution in [0.2, 0.25) is 0 Å². The molecule has 0 radical (unpaired) electrons. The van der Waals surface area contributed by atoms with Gasteiger partial charge in [0.25, 0.3) is 0 Å². The Bertz CT molecular complexity index is 690. The molecular weight excluding hydrogens is 326 g/mol. The summed E-state index contributed by atoms with van der Waals surface area (Å²) < 4.78 is 9.52. The van der Waals surface area contributed by atoms with Gasteiger partial charge in [-0.1, -0.05) is 11.8 Å². The second-order valence-electron chi connectivity index (χ2n) is 5.97. The predicted octanol–water partition coefficient (Wildman–Crippen LogP) is 1.13. The van der Waals surface area contributed by atoms with Crippen molar-refractivity contribution in [2.24, 2.45) is 14.1 Å². The highest BCUT2D eigenvalue weighted by Gasteiger charge is 2.17. The Labute approximate surface area is 145 Å². The van der Waals surface area contributed by atoms with Gasteiger partial charge in [0.15, 0.2) is 5.16 Å². The molecule has 0 unspecified atom stereocenters. The number of hydrogen-bond acceptors (Lipinski definition) is 5. The van der Waals surface area contributed by atoms with Crippen molar-refractivity contribution < 1.29 is 9.53 Å². The Morgan fingerprint density at radius 1 is 1.46 bits per heavy atom. The molecule has 1 N–H and O–H groups in total. The van der Waals surface area contributed by atoms with Gasteiger partial charge in [-0.25, -0.2) is 0 Å². The largest absolute Gasteiger partial charge is 0.376 e. The SMILES string of the molecule is Cn1cccc1Cc1nnc(SCC(=O)NC[C@H]2CCCO2)n1C. The lowest BCUT2D eigenvalue weighted by molar-refractivity contribution is -0.119. The van der Waals surface area contributed by atoms with Crippen LogP contribution in [0, 0.1) is 0 Å². The number of aromatic nitrogens is 4. The van der Waals surface area contributed by atoms with Gasteiger partial charge in [0, 0.05) is 45.6 Å². The van der Waals surface area contributed by atoms with Crippen LogP contribution >= 0.6 is 11.8 Å². The third kappa shape index (κ3) is 4.18. The first-order valence-corrected chi connectivity index (χ1v) is 9.11. The van der Waals surface area contributed by atoms with Crippen LogP contribution in [0.5, 0.6) is 0 Å². The lowest BCUT2D eigenvalue weighted by atomic mass is 10.2. The van der Waals surface area contributed by atoms with Crippen LogP contribution in [0.15, 0.2) is 23.5 Å². The van der Waals surface area contributed by atoms with Crippen LogP contribution < -0.4 is 5.32 Å². The zero-order valence-corrected chi connectivity index (χ0v) is 14.9. The van der Waals surface area contributed by atoms with Gasteiger partial charge in [-0.3, -0.25) is 4.79 Å². The summed E-state index contributed by atoms with van der Waals surface area (Å²) in [5, 5.41) is 12.1. The Balaban J connectivity index is 1.48. The van der Waals surface area contributed by atoms with E-state index in [1.54, 1.807) is 0 Å². The molecular formula is C16H23N5O2S. The van der Waals surface area contributed by atoms with E-state index >= 15 is 0 Å². The minimum Gasteiger partial charge on any atom is -0.376 e. The summed E-state index contributed by atoms with van der Waals surface area (Å²) in [6.07, 6.45) is 5.02. The summed E-state index contributed by atoms with van der Waals surface area (Å²) in [5.41, 5.74) is 1.18. The fourth-order valence-corrected chi connectivity index (χ4v) is 3.44. The number of ether oxygens (including phenoxy) is 1. The van der Waals surface area contributed by atoms with Gasteiger partial charge in [0.1, 0.15) is 5.82 Å². The molecule has 3 heterocycles. The summed E-state index contributed by atoms with van der Waals surface area (Å²) in [5.74, 6) is 1.23. The van der Waals surface area contributed by atoms with E-state index in [1.807, 2.05) is 30.9 Å². The van der Waals surface area contributed by atoms with Crippen LogP contribution in [0.3, 0.4) is 0 Å². The summed E-state index contributed by atoms with van der Waals surface area (Å²) in [6.45, 7) is 1.40. The Morgan fingerprint density at radius 3 is 3.04 bits per heavy atom. The molecule has 1 fully saturated rings. The number of nitrogens with one attached hydrogen (secondary N) is 1. The average Bonchev–Trinajstić information content (AvgIpc) is 3.29. The fourth-order valence-electron chi connectivity index (χ4n) is 2.68. The first-order valence-electron chi connectivity index (χ1n) is 8.13. The topological polar surface area (TPSA) is 74.0 Å². The molecule has 0 spiro atoms. The van der Waals surface area contributed by atoms with Gasteiger partial charge in [-0.15, -0.1) is 10.2 Å². The number of thioether (sulfide) groups is 1. The Kier molecular flexibility index (Phi) is 5.57. The van der Waals surface area contributed by atoms with Crippen LogP contribution in [-0.4, -0.2) is 50.2 Å². The third-order valence-electron chi connectivity index (χ3n) is 4.20. The van der Waals surface area contributed by atoms with E-state index < -0.39 is 0 Å². The molecule has 8 heteroatoms. The zero-order chi connectivity index (χ0) is 16.9. The van der Waals surface area contributed by atoms with Crippen LogP contribution in [0.25, 0.3) is 0 Å². The highest BCUT2D eigenvalue weighted by atomic mass is 32.2. The standard InChI is InChI=1S/C16H23N5O2S/c1-20-7-3-5-12(20)9-14-18-19-16(21(14)2)24-11-15(22)17-10-13-6-4-8-23-13/h3,5,7,13H,4,6,8-11H2,1-2H3,(H,17,22)/t13-/m1/s1. The Hall–Kier alpha value is -1.80. The van der Waals surface area contributed by atoms with Crippen molar-refractivity contribution in [2.75, 3.05) is 18.9 Å². The van der Waals surface area contributed by atoms with Gasteiger partial charge >= 0.3 is 0 Å². The lowest BCUT2D eigenvalue weighted by Gasteiger charge is -2.10. The number of aryl methyl sites for hydroxylation is 1. The van der Waals surface area contributed by atoms with E-state index in [0.717, 1.165) is 36.9 Å².